The number of benzene rings is 2. The Balaban J connectivity index is 1.89. The molecule has 3 aromatic rings. The molecule has 0 saturated carbocycles. The lowest BCUT2D eigenvalue weighted by Crippen LogP contribution is -2.39. The fourth-order valence-corrected chi connectivity index (χ4v) is 3.08. The molecule has 0 aliphatic heterocycles. The van der Waals surface area contributed by atoms with Gasteiger partial charge in [-0.25, -0.2) is 4.68 Å². The third-order valence-corrected chi connectivity index (χ3v) is 4.62. The van der Waals surface area contributed by atoms with Crippen LogP contribution in [0.25, 0.3) is 23.0 Å². The minimum atomic E-state index is -0.213. The summed E-state index contributed by atoms with van der Waals surface area (Å²) in [5.41, 5.74) is 3.52. The molecule has 0 spiro atoms. The molecule has 0 radical (unpaired) electrons. The first-order chi connectivity index (χ1) is 14.6. The van der Waals surface area contributed by atoms with Crippen molar-refractivity contribution >= 4 is 17.9 Å². The van der Waals surface area contributed by atoms with Crippen molar-refractivity contribution in [3.05, 3.63) is 78.5 Å². The van der Waals surface area contributed by atoms with Gasteiger partial charge in [-0.2, -0.15) is 5.10 Å². The van der Waals surface area contributed by atoms with Gasteiger partial charge >= 0.3 is 0 Å². The molecule has 1 aromatic heterocycles. The van der Waals surface area contributed by atoms with Crippen LogP contribution in [0.5, 0.6) is 0 Å². The lowest BCUT2D eigenvalue weighted by molar-refractivity contribution is -0.132. The van der Waals surface area contributed by atoms with Gasteiger partial charge in [-0.1, -0.05) is 48.5 Å². The van der Waals surface area contributed by atoms with Crippen LogP contribution >= 0.6 is 0 Å². The van der Waals surface area contributed by atoms with E-state index in [0.29, 0.717) is 13.1 Å². The molecule has 6 heteroatoms. The van der Waals surface area contributed by atoms with Gasteiger partial charge < -0.3 is 10.2 Å². The Morgan fingerprint density at radius 3 is 2.33 bits per heavy atom. The highest BCUT2D eigenvalue weighted by molar-refractivity contribution is 5.95. The number of hydrogen-bond donors (Lipinski definition) is 1. The average Bonchev–Trinajstić information content (AvgIpc) is 3.21. The summed E-state index contributed by atoms with van der Waals surface area (Å²) < 4.78 is 1.80. The Labute approximate surface area is 176 Å². The molecule has 3 rings (SSSR count). The van der Waals surface area contributed by atoms with Gasteiger partial charge in [0, 0.05) is 36.5 Å². The van der Waals surface area contributed by atoms with Gasteiger partial charge in [-0.15, -0.1) is 0 Å². The Morgan fingerprint density at radius 2 is 1.70 bits per heavy atom. The van der Waals surface area contributed by atoms with Gasteiger partial charge in [0.2, 0.25) is 11.8 Å². The maximum Gasteiger partial charge on any atom is 0.247 e. The highest BCUT2D eigenvalue weighted by Crippen LogP contribution is 2.24. The fraction of sp³-hybridized carbons (Fsp3) is 0.208. The molecule has 0 bridgehead atoms. The van der Waals surface area contributed by atoms with Crippen molar-refractivity contribution in [2.75, 3.05) is 19.6 Å². The van der Waals surface area contributed by atoms with E-state index in [0.717, 1.165) is 22.5 Å². The maximum absolute atomic E-state index is 12.6. The van der Waals surface area contributed by atoms with Crippen molar-refractivity contribution in [2.24, 2.45) is 0 Å². The van der Waals surface area contributed by atoms with Crippen molar-refractivity contribution in [2.45, 2.75) is 13.8 Å². The highest BCUT2D eigenvalue weighted by Gasteiger charge is 2.14. The molecule has 0 unspecified atom stereocenters. The Hall–Kier alpha value is -3.67. The van der Waals surface area contributed by atoms with E-state index < -0.39 is 0 Å². The van der Waals surface area contributed by atoms with E-state index in [2.05, 4.69) is 5.32 Å². The molecule has 6 nitrogen and oxygen atoms in total. The van der Waals surface area contributed by atoms with Gasteiger partial charge in [0.25, 0.3) is 0 Å². The number of aromatic nitrogens is 2. The number of carbonyl (C=O) groups is 2. The third-order valence-electron chi connectivity index (χ3n) is 4.62. The number of likely N-dealkylation sites (N-methyl/N-ethyl adjacent to an activating group) is 2. The number of nitrogens with one attached hydrogen (secondary N) is 1. The van der Waals surface area contributed by atoms with Crippen LogP contribution in [0.3, 0.4) is 0 Å². The van der Waals surface area contributed by atoms with E-state index in [1.807, 2.05) is 80.7 Å². The summed E-state index contributed by atoms with van der Waals surface area (Å²) in [7, 11) is 0. The lowest BCUT2D eigenvalue weighted by Gasteiger charge is -2.18. The molecule has 154 valence electrons. The molecular weight excluding hydrogens is 376 g/mol. The normalized spacial score (nSPS) is 10.9. The standard InChI is InChI=1S/C24H26N4O2/c1-3-25-22(29)18-27(4-2)23(30)16-15-20-17-28(21-13-9-6-10-14-21)26-24(20)19-11-7-5-8-12-19/h5-17H,3-4,18H2,1-2H3,(H,25,29)/b16-15+. The van der Waals surface area contributed by atoms with Gasteiger partial charge in [-0.05, 0) is 32.1 Å². The summed E-state index contributed by atoms with van der Waals surface area (Å²) in [6, 6.07) is 19.7. The molecule has 2 aromatic carbocycles. The minimum Gasteiger partial charge on any atom is -0.355 e. The monoisotopic (exact) mass is 402 g/mol. The second kappa shape index (κ2) is 10.2. The minimum absolute atomic E-state index is 0.0440. The van der Waals surface area contributed by atoms with E-state index in [1.165, 1.54) is 11.0 Å². The number of carbonyl (C=O) groups excluding carboxylic acids is 2. The Kier molecular flexibility index (Phi) is 7.16. The van der Waals surface area contributed by atoms with Crippen molar-refractivity contribution in [1.82, 2.24) is 20.0 Å². The van der Waals surface area contributed by atoms with Crippen LogP contribution in [0.2, 0.25) is 0 Å². The largest absolute Gasteiger partial charge is 0.355 e. The van der Waals surface area contributed by atoms with Crippen molar-refractivity contribution in [3.8, 4) is 16.9 Å². The molecule has 0 atom stereocenters. The molecule has 2 amide bonds. The van der Waals surface area contributed by atoms with E-state index in [4.69, 9.17) is 5.10 Å². The van der Waals surface area contributed by atoms with E-state index >= 15 is 0 Å². The Bertz CT molecular complexity index is 1010. The fourth-order valence-electron chi connectivity index (χ4n) is 3.08. The summed E-state index contributed by atoms with van der Waals surface area (Å²) in [4.78, 5) is 26.0. The first-order valence-electron chi connectivity index (χ1n) is 10.1. The zero-order valence-corrected chi connectivity index (χ0v) is 17.3. The second-order valence-corrected chi connectivity index (χ2v) is 6.72. The molecule has 0 aliphatic rings. The van der Waals surface area contributed by atoms with Crippen LogP contribution in [0.15, 0.2) is 72.9 Å². The highest BCUT2D eigenvalue weighted by atomic mass is 16.2. The van der Waals surface area contributed by atoms with Gasteiger partial charge in [-0.3, -0.25) is 9.59 Å². The lowest BCUT2D eigenvalue weighted by atomic mass is 10.1. The smallest absolute Gasteiger partial charge is 0.247 e. The number of hydrogen-bond acceptors (Lipinski definition) is 3. The Morgan fingerprint density at radius 1 is 1.03 bits per heavy atom. The summed E-state index contributed by atoms with van der Waals surface area (Å²) >= 11 is 0. The molecule has 0 fully saturated rings. The molecule has 1 heterocycles. The first kappa shape index (κ1) is 21.0. The first-order valence-corrected chi connectivity index (χ1v) is 10.1. The van der Waals surface area contributed by atoms with E-state index in [1.54, 1.807) is 10.8 Å². The zero-order chi connectivity index (χ0) is 21.3. The van der Waals surface area contributed by atoms with Gasteiger partial charge in [0.15, 0.2) is 0 Å². The third kappa shape index (κ3) is 5.23. The molecule has 30 heavy (non-hydrogen) atoms. The van der Waals surface area contributed by atoms with Crippen LogP contribution in [-0.4, -0.2) is 46.1 Å². The summed E-state index contributed by atoms with van der Waals surface area (Å²) in [5, 5.41) is 7.46. The number of para-hydroxylation sites is 1. The quantitative estimate of drug-likeness (QED) is 0.586. The van der Waals surface area contributed by atoms with Gasteiger partial charge in [0.1, 0.15) is 0 Å². The van der Waals surface area contributed by atoms with Crippen LogP contribution in [0.4, 0.5) is 0 Å². The van der Waals surface area contributed by atoms with Crippen LogP contribution < -0.4 is 5.32 Å². The van der Waals surface area contributed by atoms with Crippen LogP contribution in [0.1, 0.15) is 19.4 Å². The van der Waals surface area contributed by atoms with Crippen LogP contribution in [-0.2, 0) is 9.59 Å². The van der Waals surface area contributed by atoms with E-state index in [-0.39, 0.29) is 18.4 Å². The summed E-state index contributed by atoms with van der Waals surface area (Å²) in [5.74, 6) is -0.377. The van der Waals surface area contributed by atoms with E-state index in [9.17, 15) is 9.59 Å². The summed E-state index contributed by atoms with van der Waals surface area (Å²) in [6.45, 7) is 4.75. The number of rotatable bonds is 8. The predicted molar refractivity (Wildman–Crippen MR) is 119 cm³/mol. The second-order valence-electron chi connectivity index (χ2n) is 6.72. The number of nitrogens with zero attached hydrogens (tertiary/aromatic N) is 3. The SMILES string of the molecule is CCNC(=O)CN(CC)C(=O)/C=C/c1cn(-c2ccccc2)nc1-c1ccccc1. The summed E-state index contributed by atoms with van der Waals surface area (Å²) in [6.07, 6.45) is 5.17. The topological polar surface area (TPSA) is 67.2 Å². The maximum atomic E-state index is 12.6. The molecule has 0 aliphatic carbocycles. The number of amides is 2. The van der Waals surface area contributed by atoms with Crippen molar-refractivity contribution in [3.63, 3.8) is 0 Å². The molecule has 0 saturated heterocycles. The average molecular weight is 402 g/mol. The molecule has 1 N–H and O–H groups in total. The van der Waals surface area contributed by atoms with Crippen molar-refractivity contribution < 1.29 is 9.59 Å². The van der Waals surface area contributed by atoms with Gasteiger partial charge in [0.05, 0.1) is 17.9 Å². The van der Waals surface area contributed by atoms with Crippen molar-refractivity contribution in [1.29, 1.82) is 0 Å². The molecular formula is C24H26N4O2. The van der Waals surface area contributed by atoms with Crippen LogP contribution in [0, 0.1) is 0 Å². The zero-order valence-electron chi connectivity index (χ0n) is 17.3. The predicted octanol–water partition coefficient (Wildman–Crippen LogP) is 3.54.